The van der Waals surface area contributed by atoms with E-state index in [4.69, 9.17) is 18.0 Å². The maximum absolute atomic E-state index is 11.3. The third-order valence-electron chi connectivity index (χ3n) is 3.14. The quantitative estimate of drug-likeness (QED) is 0.796. The highest BCUT2D eigenvalue weighted by molar-refractivity contribution is 7.80. The minimum atomic E-state index is -0.305. The molecule has 0 radical (unpaired) electrons. The molecule has 1 aromatic carbocycles. The first kappa shape index (κ1) is 12.8. The van der Waals surface area contributed by atoms with Crippen LogP contribution < -0.4 is 11.1 Å². The minimum Gasteiger partial charge on any atom is -0.368 e. The van der Waals surface area contributed by atoms with Crippen LogP contribution in [-0.4, -0.2) is 28.5 Å². The molecule has 0 spiro atoms. The molecular weight excluding hydrogens is 246 g/mol. The van der Waals surface area contributed by atoms with Crippen LogP contribution in [0.4, 0.5) is 5.69 Å². The van der Waals surface area contributed by atoms with Crippen LogP contribution in [0.1, 0.15) is 18.4 Å². The number of nitrogens with one attached hydrogen (secondary N) is 1. The number of hydrogen-bond acceptors (Lipinski definition) is 2. The zero-order valence-electron chi connectivity index (χ0n) is 10.3. The van der Waals surface area contributed by atoms with Crippen molar-refractivity contribution in [1.29, 1.82) is 0 Å². The largest absolute Gasteiger partial charge is 0.368 e. The van der Waals surface area contributed by atoms with Crippen LogP contribution in [0, 0.1) is 6.92 Å². The van der Waals surface area contributed by atoms with Crippen LogP contribution >= 0.6 is 12.2 Å². The fourth-order valence-electron chi connectivity index (χ4n) is 2.14. The molecule has 5 heteroatoms. The molecular formula is C13H17N3OS. The predicted molar refractivity (Wildman–Crippen MR) is 76.3 cm³/mol. The summed E-state index contributed by atoms with van der Waals surface area (Å²) in [5.74, 6) is -0.305. The number of thiocarbonyl (C=S) groups is 1. The van der Waals surface area contributed by atoms with E-state index in [0.717, 1.165) is 25.1 Å². The van der Waals surface area contributed by atoms with Gasteiger partial charge in [-0.25, -0.2) is 0 Å². The van der Waals surface area contributed by atoms with Gasteiger partial charge < -0.3 is 16.0 Å². The number of nitrogens with zero attached hydrogens (tertiary/aromatic N) is 1. The second-order valence-corrected chi connectivity index (χ2v) is 4.94. The van der Waals surface area contributed by atoms with E-state index in [9.17, 15) is 4.79 Å². The number of amides is 1. The van der Waals surface area contributed by atoms with Crippen LogP contribution in [0.3, 0.4) is 0 Å². The molecule has 2 rings (SSSR count). The molecule has 18 heavy (non-hydrogen) atoms. The number of hydrogen-bond donors (Lipinski definition) is 2. The van der Waals surface area contributed by atoms with Gasteiger partial charge in [0.15, 0.2) is 5.11 Å². The first-order valence-electron chi connectivity index (χ1n) is 6.01. The van der Waals surface area contributed by atoms with Crippen molar-refractivity contribution in [2.75, 3.05) is 11.9 Å². The van der Waals surface area contributed by atoms with Gasteiger partial charge in [0.1, 0.15) is 6.04 Å². The van der Waals surface area contributed by atoms with Crippen LogP contribution in [0.15, 0.2) is 24.3 Å². The summed E-state index contributed by atoms with van der Waals surface area (Å²) in [5.41, 5.74) is 7.50. The Balaban J connectivity index is 2.03. The molecule has 1 atom stereocenters. The number of primary amides is 1. The molecule has 1 amide bonds. The number of aryl methyl sites for hydroxylation is 1. The van der Waals surface area contributed by atoms with Crippen molar-refractivity contribution in [3.63, 3.8) is 0 Å². The lowest BCUT2D eigenvalue weighted by molar-refractivity contribution is -0.121. The smallest absolute Gasteiger partial charge is 0.240 e. The lowest BCUT2D eigenvalue weighted by Crippen LogP contribution is -2.45. The minimum absolute atomic E-state index is 0.268. The molecule has 1 fully saturated rings. The monoisotopic (exact) mass is 263 g/mol. The molecule has 3 N–H and O–H groups in total. The van der Waals surface area contributed by atoms with E-state index in [1.165, 1.54) is 5.56 Å². The number of rotatable bonds is 2. The molecule has 0 saturated carbocycles. The van der Waals surface area contributed by atoms with E-state index in [2.05, 4.69) is 5.32 Å². The van der Waals surface area contributed by atoms with Gasteiger partial charge in [0.05, 0.1) is 0 Å². The fourth-order valence-corrected chi connectivity index (χ4v) is 2.47. The zero-order valence-corrected chi connectivity index (χ0v) is 11.2. The normalized spacial score (nSPS) is 18.7. The Hall–Kier alpha value is -1.62. The maximum atomic E-state index is 11.3. The summed E-state index contributed by atoms with van der Waals surface area (Å²) in [7, 11) is 0. The van der Waals surface area contributed by atoms with Gasteiger partial charge in [0, 0.05) is 12.2 Å². The van der Waals surface area contributed by atoms with Crippen molar-refractivity contribution in [3.8, 4) is 0 Å². The molecule has 4 nitrogen and oxygen atoms in total. The van der Waals surface area contributed by atoms with E-state index in [1.54, 1.807) is 0 Å². The highest BCUT2D eigenvalue weighted by atomic mass is 32.1. The Bertz CT molecular complexity index is 458. The molecule has 96 valence electrons. The van der Waals surface area contributed by atoms with E-state index >= 15 is 0 Å². The molecule has 1 aliphatic rings. The summed E-state index contributed by atoms with van der Waals surface area (Å²) in [4.78, 5) is 13.2. The number of carbonyl (C=O) groups excluding carboxylic acids is 1. The molecule has 0 bridgehead atoms. The van der Waals surface area contributed by atoms with Crippen LogP contribution in [-0.2, 0) is 4.79 Å². The summed E-state index contributed by atoms with van der Waals surface area (Å²) in [6.45, 7) is 2.82. The van der Waals surface area contributed by atoms with Crippen molar-refractivity contribution in [2.24, 2.45) is 5.73 Å². The van der Waals surface area contributed by atoms with Crippen LogP contribution in [0.5, 0.6) is 0 Å². The first-order chi connectivity index (χ1) is 8.58. The summed E-state index contributed by atoms with van der Waals surface area (Å²) < 4.78 is 0. The Morgan fingerprint density at radius 1 is 1.44 bits per heavy atom. The number of benzene rings is 1. The van der Waals surface area contributed by atoms with E-state index in [-0.39, 0.29) is 11.9 Å². The molecule has 1 heterocycles. The number of nitrogens with two attached hydrogens (primary N) is 1. The van der Waals surface area contributed by atoms with Gasteiger partial charge in [-0.2, -0.15) is 0 Å². The summed E-state index contributed by atoms with van der Waals surface area (Å²) in [6, 6.07) is 7.70. The number of anilines is 1. The Kier molecular flexibility index (Phi) is 3.81. The van der Waals surface area contributed by atoms with Gasteiger partial charge in [-0.05, 0) is 44.1 Å². The summed E-state index contributed by atoms with van der Waals surface area (Å²) in [5, 5.41) is 3.72. The molecule has 0 aliphatic carbocycles. The standard InChI is InChI=1S/C13H17N3OS/c1-9-4-6-10(7-5-9)15-13(18)16-8-2-3-11(16)12(14)17/h4-7,11H,2-3,8H2,1H3,(H2,14,17)(H,15,18)/t11-/m1/s1. The van der Waals surface area contributed by atoms with Gasteiger partial charge >= 0.3 is 0 Å². The van der Waals surface area contributed by atoms with E-state index < -0.39 is 0 Å². The molecule has 1 aliphatic heterocycles. The average molecular weight is 263 g/mol. The van der Waals surface area contributed by atoms with Gasteiger partial charge in [0.2, 0.25) is 5.91 Å². The Morgan fingerprint density at radius 2 is 2.11 bits per heavy atom. The molecule has 1 saturated heterocycles. The number of likely N-dealkylation sites (tertiary alicyclic amines) is 1. The average Bonchev–Trinajstić information content (AvgIpc) is 2.81. The van der Waals surface area contributed by atoms with E-state index in [0.29, 0.717) is 5.11 Å². The van der Waals surface area contributed by atoms with Crippen LogP contribution in [0.2, 0.25) is 0 Å². The van der Waals surface area contributed by atoms with Crippen molar-refractivity contribution < 1.29 is 4.79 Å². The first-order valence-corrected chi connectivity index (χ1v) is 6.42. The Morgan fingerprint density at radius 3 is 2.72 bits per heavy atom. The maximum Gasteiger partial charge on any atom is 0.240 e. The summed E-state index contributed by atoms with van der Waals surface area (Å²) in [6.07, 6.45) is 1.73. The Labute approximate surface area is 112 Å². The lowest BCUT2D eigenvalue weighted by Gasteiger charge is -2.25. The zero-order chi connectivity index (χ0) is 13.1. The SMILES string of the molecule is Cc1ccc(NC(=S)N2CCC[C@@H]2C(N)=O)cc1. The third-order valence-corrected chi connectivity index (χ3v) is 3.48. The van der Waals surface area contributed by atoms with E-state index in [1.807, 2.05) is 36.1 Å². The second-order valence-electron chi connectivity index (χ2n) is 4.55. The second kappa shape index (κ2) is 5.35. The van der Waals surface area contributed by atoms with Crippen molar-refractivity contribution in [2.45, 2.75) is 25.8 Å². The van der Waals surface area contributed by atoms with Crippen molar-refractivity contribution in [3.05, 3.63) is 29.8 Å². The molecule has 1 aromatic rings. The topological polar surface area (TPSA) is 58.4 Å². The van der Waals surface area contributed by atoms with Gasteiger partial charge in [-0.3, -0.25) is 4.79 Å². The lowest BCUT2D eigenvalue weighted by atomic mass is 10.2. The fraction of sp³-hybridized carbons (Fsp3) is 0.385. The van der Waals surface area contributed by atoms with Gasteiger partial charge in [-0.15, -0.1) is 0 Å². The highest BCUT2D eigenvalue weighted by Gasteiger charge is 2.30. The van der Waals surface area contributed by atoms with Crippen molar-refractivity contribution >= 4 is 28.9 Å². The van der Waals surface area contributed by atoms with Crippen molar-refractivity contribution in [1.82, 2.24) is 4.90 Å². The summed E-state index contributed by atoms with van der Waals surface area (Å²) >= 11 is 5.33. The molecule has 0 unspecified atom stereocenters. The van der Waals surface area contributed by atoms with Gasteiger partial charge in [0.25, 0.3) is 0 Å². The van der Waals surface area contributed by atoms with Crippen LogP contribution in [0.25, 0.3) is 0 Å². The predicted octanol–water partition coefficient (Wildman–Crippen LogP) is 1.64. The highest BCUT2D eigenvalue weighted by Crippen LogP contribution is 2.19. The number of carbonyl (C=O) groups is 1. The third kappa shape index (κ3) is 2.79. The molecule has 0 aromatic heterocycles. The van der Waals surface area contributed by atoms with Gasteiger partial charge in [-0.1, -0.05) is 17.7 Å².